The van der Waals surface area contributed by atoms with Crippen molar-refractivity contribution in [2.24, 2.45) is 17.6 Å². The predicted molar refractivity (Wildman–Crippen MR) is 108 cm³/mol. The molecule has 1 aromatic rings. The molecule has 0 bridgehead atoms. The van der Waals surface area contributed by atoms with Crippen molar-refractivity contribution in [1.29, 1.82) is 0 Å². The summed E-state index contributed by atoms with van der Waals surface area (Å²) in [5.41, 5.74) is 6.60. The van der Waals surface area contributed by atoms with Gasteiger partial charge in [-0.3, -0.25) is 9.59 Å². The van der Waals surface area contributed by atoms with E-state index in [1.54, 1.807) is 4.90 Å². The van der Waals surface area contributed by atoms with Crippen LogP contribution in [0.4, 0.5) is 5.69 Å². The number of nitrogens with two attached hydrogens (primary N) is 1. The molecule has 1 aliphatic carbocycles. The molecule has 3 N–H and O–H groups in total. The molecule has 8 heteroatoms. The topological polar surface area (TPSA) is 93.9 Å². The second-order valence-electron chi connectivity index (χ2n) is 7.55. The zero-order valence-electron chi connectivity index (χ0n) is 15.9. The van der Waals surface area contributed by atoms with Gasteiger partial charge in [0, 0.05) is 24.3 Å². The van der Waals surface area contributed by atoms with E-state index in [9.17, 15) is 9.59 Å². The van der Waals surface area contributed by atoms with E-state index in [0.717, 1.165) is 31.4 Å². The highest BCUT2D eigenvalue weighted by Crippen LogP contribution is 2.36. The fraction of sp³-hybridized carbons (Fsp3) is 0.600. The molecule has 28 heavy (non-hydrogen) atoms. The van der Waals surface area contributed by atoms with Crippen LogP contribution in [-0.4, -0.2) is 44.2 Å². The van der Waals surface area contributed by atoms with Crippen molar-refractivity contribution in [2.45, 2.75) is 38.1 Å². The van der Waals surface area contributed by atoms with Crippen LogP contribution in [0.1, 0.15) is 32.1 Å². The summed E-state index contributed by atoms with van der Waals surface area (Å²) in [7, 11) is 0. The molecule has 7 nitrogen and oxygen atoms in total. The predicted octanol–water partition coefficient (Wildman–Crippen LogP) is 1.87. The Bertz CT molecular complexity index is 729. The van der Waals surface area contributed by atoms with Crippen LogP contribution in [-0.2, 0) is 9.59 Å². The number of fused-ring (bicyclic) bond motifs is 1. The van der Waals surface area contributed by atoms with Crippen molar-refractivity contribution in [2.75, 3.05) is 31.2 Å². The summed E-state index contributed by atoms with van der Waals surface area (Å²) < 4.78 is 11.1. The molecule has 2 amide bonds. The standard InChI is InChI=1S/C20H27N3O4.ClH/c21-12-13-3-1-2-4-16(13)22-19(24)15-7-8-23(20(15)25)14-5-6-17-18(11-14)27-10-9-26-17;/h5-6,11,13,15-16H,1-4,7-10,12,21H2,(H,22,24);1H. The number of nitrogens with zero attached hydrogens (tertiary/aromatic N) is 1. The maximum atomic E-state index is 12.9. The van der Waals surface area contributed by atoms with E-state index >= 15 is 0 Å². The van der Waals surface area contributed by atoms with Crippen LogP contribution in [0, 0.1) is 11.8 Å². The van der Waals surface area contributed by atoms with E-state index in [-0.39, 0.29) is 30.3 Å². The van der Waals surface area contributed by atoms with Crippen LogP contribution >= 0.6 is 12.4 Å². The zero-order valence-corrected chi connectivity index (χ0v) is 16.7. The van der Waals surface area contributed by atoms with E-state index in [2.05, 4.69) is 5.32 Å². The summed E-state index contributed by atoms with van der Waals surface area (Å²) in [5.74, 6) is 0.713. The largest absolute Gasteiger partial charge is 0.486 e. The minimum Gasteiger partial charge on any atom is -0.486 e. The highest BCUT2D eigenvalue weighted by atomic mass is 35.5. The van der Waals surface area contributed by atoms with Gasteiger partial charge >= 0.3 is 0 Å². The maximum Gasteiger partial charge on any atom is 0.239 e. The summed E-state index contributed by atoms with van der Waals surface area (Å²) >= 11 is 0. The average Bonchev–Trinajstić information content (AvgIpc) is 3.09. The fourth-order valence-corrected chi connectivity index (χ4v) is 4.34. The van der Waals surface area contributed by atoms with Gasteiger partial charge in [-0.15, -0.1) is 12.4 Å². The molecule has 0 spiro atoms. The van der Waals surface area contributed by atoms with Crippen LogP contribution in [0.15, 0.2) is 18.2 Å². The van der Waals surface area contributed by atoms with E-state index in [1.807, 2.05) is 18.2 Å². The third kappa shape index (κ3) is 4.05. The van der Waals surface area contributed by atoms with Gasteiger partial charge < -0.3 is 25.4 Å². The molecule has 154 valence electrons. The first-order valence-electron chi connectivity index (χ1n) is 9.89. The number of ether oxygens (including phenoxy) is 2. The first kappa shape index (κ1) is 20.7. The molecule has 4 rings (SSSR count). The van der Waals surface area contributed by atoms with Crippen molar-refractivity contribution in [3.63, 3.8) is 0 Å². The second kappa shape index (κ2) is 9.01. The Labute approximate surface area is 171 Å². The number of halogens is 1. The molecule has 1 aromatic carbocycles. The number of benzene rings is 1. The van der Waals surface area contributed by atoms with Crippen molar-refractivity contribution >= 4 is 29.9 Å². The van der Waals surface area contributed by atoms with Gasteiger partial charge in [-0.1, -0.05) is 12.8 Å². The number of hydrogen-bond acceptors (Lipinski definition) is 5. The van der Waals surface area contributed by atoms with Crippen LogP contribution in [0.3, 0.4) is 0 Å². The van der Waals surface area contributed by atoms with Crippen molar-refractivity contribution in [3.05, 3.63) is 18.2 Å². The van der Waals surface area contributed by atoms with Gasteiger partial charge in [-0.05, 0) is 43.9 Å². The maximum absolute atomic E-state index is 12.9. The van der Waals surface area contributed by atoms with Crippen LogP contribution in [0.5, 0.6) is 11.5 Å². The number of hydrogen-bond donors (Lipinski definition) is 2. The summed E-state index contributed by atoms with van der Waals surface area (Å²) in [6, 6.07) is 5.57. The molecule has 0 radical (unpaired) electrons. The first-order chi connectivity index (χ1) is 13.2. The summed E-state index contributed by atoms with van der Waals surface area (Å²) in [6.45, 7) is 2.13. The Hall–Kier alpha value is -1.99. The van der Waals surface area contributed by atoms with Crippen molar-refractivity contribution in [3.8, 4) is 11.5 Å². The SMILES string of the molecule is Cl.NCC1CCCCC1NC(=O)C1CCN(c2ccc3c(c2)OCCO3)C1=O. The third-order valence-electron chi connectivity index (χ3n) is 5.90. The molecule has 3 unspecified atom stereocenters. The molecular formula is C20H28ClN3O4. The van der Waals surface area contributed by atoms with Gasteiger partial charge in [-0.2, -0.15) is 0 Å². The molecule has 3 aliphatic rings. The Morgan fingerprint density at radius 2 is 1.89 bits per heavy atom. The molecular weight excluding hydrogens is 382 g/mol. The minimum atomic E-state index is -0.626. The quantitative estimate of drug-likeness (QED) is 0.740. The van der Waals surface area contributed by atoms with E-state index in [1.165, 1.54) is 0 Å². The Morgan fingerprint density at radius 1 is 1.14 bits per heavy atom. The van der Waals surface area contributed by atoms with Gasteiger partial charge in [0.15, 0.2) is 11.5 Å². The summed E-state index contributed by atoms with van der Waals surface area (Å²) in [4.78, 5) is 27.3. The number of rotatable bonds is 4. The molecule has 2 heterocycles. The number of nitrogens with one attached hydrogen (secondary N) is 1. The Kier molecular flexibility index (Phi) is 6.67. The zero-order chi connectivity index (χ0) is 18.8. The van der Waals surface area contributed by atoms with Gasteiger partial charge in [0.2, 0.25) is 11.8 Å². The normalized spacial score (nSPS) is 26.5. The Balaban J connectivity index is 0.00000225. The molecule has 2 aliphatic heterocycles. The smallest absolute Gasteiger partial charge is 0.239 e. The fourth-order valence-electron chi connectivity index (χ4n) is 4.34. The van der Waals surface area contributed by atoms with Crippen LogP contribution in [0.2, 0.25) is 0 Å². The summed E-state index contributed by atoms with van der Waals surface area (Å²) in [6.07, 6.45) is 4.78. The monoisotopic (exact) mass is 409 g/mol. The second-order valence-corrected chi connectivity index (χ2v) is 7.55. The van der Waals surface area contributed by atoms with Crippen LogP contribution in [0.25, 0.3) is 0 Å². The lowest BCUT2D eigenvalue weighted by Crippen LogP contribution is -2.48. The molecule has 1 saturated heterocycles. The summed E-state index contributed by atoms with van der Waals surface area (Å²) in [5, 5.41) is 3.10. The van der Waals surface area contributed by atoms with Crippen molar-refractivity contribution in [1.82, 2.24) is 5.32 Å². The van der Waals surface area contributed by atoms with Gasteiger partial charge in [0.1, 0.15) is 19.1 Å². The lowest BCUT2D eigenvalue weighted by Gasteiger charge is -2.32. The van der Waals surface area contributed by atoms with Crippen molar-refractivity contribution < 1.29 is 19.1 Å². The lowest BCUT2D eigenvalue weighted by atomic mass is 9.84. The van der Waals surface area contributed by atoms with E-state index in [4.69, 9.17) is 15.2 Å². The molecule has 0 aromatic heterocycles. The molecule has 2 fully saturated rings. The number of amides is 2. The number of carbonyl (C=O) groups is 2. The van der Waals surface area contributed by atoms with Crippen LogP contribution < -0.4 is 25.4 Å². The van der Waals surface area contributed by atoms with Gasteiger partial charge in [0.05, 0.1) is 0 Å². The number of anilines is 1. The van der Waals surface area contributed by atoms with Gasteiger partial charge in [-0.25, -0.2) is 0 Å². The van der Waals surface area contributed by atoms with E-state index in [0.29, 0.717) is 50.1 Å². The first-order valence-corrected chi connectivity index (χ1v) is 9.89. The highest BCUT2D eigenvalue weighted by molar-refractivity contribution is 6.09. The number of carbonyl (C=O) groups excluding carboxylic acids is 2. The highest BCUT2D eigenvalue weighted by Gasteiger charge is 2.39. The third-order valence-corrected chi connectivity index (χ3v) is 5.90. The molecule has 3 atom stereocenters. The van der Waals surface area contributed by atoms with Gasteiger partial charge in [0.25, 0.3) is 0 Å². The average molecular weight is 410 g/mol. The molecule has 1 saturated carbocycles. The lowest BCUT2D eigenvalue weighted by molar-refractivity contribution is -0.133. The Morgan fingerprint density at radius 3 is 2.68 bits per heavy atom. The minimum absolute atomic E-state index is 0. The van der Waals surface area contributed by atoms with E-state index < -0.39 is 5.92 Å².